The summed E-state index contributed by atoms with van der Waals surface area (Å²) in [6, 6.07) is 4.02. The van der Waals surface area contributed by atoms with Crippen molar-refractivity contribution in [1.29, 1.82) is 0 Å². The largest absolute Gasteiger partial charge is 0.477 e. The topological polar surface area (TPSA) is 58.5 Å². The molecule has 0 radical (unpaired) electrons. The van der Waals surface area contributed by atoms with Crippen LogP contribution in [0, 0.1) is 5.92 Å². The Hall–Kier alpha value is -1.43. The van der Waals surface area contributed by atoms with Gasteiger partial charge >= 0.3 is 0 Å². The van der Waals surface area contributed by atoms with Crippen molar-refractivity contribution in [2.24, 2.45) is 10.9 Å². The zero-order valence-electron chi connectivity index (χ0n) is 13.8. The summed E-state index contributed by atoms with van der Waals surface area (Å²) in [7, 11) is 1.81. The molecule has 1 saturated carbocycles. The summed E-state index contributed by atoms with van der Waals surface area (Å²) in [5, 5.41) is 7.50. The lowest BCUT2D eigenvalue weighted by atomic mass is 10.2. The van der Waals surface area contributed by atoms with Gasteiger partial charge in [-0.3, -0.25) is 4.99 Å². The molecule has 0 aromatic carbocycles. The molecule has 2 aliphatic rings. The monoisotopic (exact) mass is 334 g/mol. The Balaban J connectivity index is 1.42. The van der Waals surface area contributed by atoms with Crippen LogP contribution in [0.25, 0.3) is 0 Å². The third-order valence-corrected chi connectivity index (χ3v) is 5.57. The normalized spacial score (nSPS) is 21.3. The van der Waals surface area contributed by atoms with E-state index in [2.05, 4.69) is 32.4 Å². The molecule has 1 atom stereocenters. The number of aliphatic imine (C=N–C) groups is 1. The first-order valence-electron chi connectivity index (χ1n) is 8.47. The van der Waals surface area contributed by atoms with Gasteiger partial charge in [-0.15, -0.1) is 0 Å². The lowest BCUT2D eigenvalue weighted by Gasteiger charge is -2.15. The molecule has 23 heavy (non-hydrogen) atoms. The van der Waals surface area contributed by atoms with E-state index in [1.54, 1.807) is 0 Å². The van der Waals surface area contributed by atoms with Gasteiger partial charge in [0.25, 0.3) is 0 Å². The van der Waals surface area contributed by atoms with E-state index in [0.717, 1.165) is 48.3 Å². The lowest BCUT2D eigenvalue weighted by Crippen LogP contribution is -2.39. The molecule has 1 unspecified atom stereocenters. The van der Waals surface area contributed by atoms with Gasteiger partial charge in [-0.1, -0.05) is 0 Å². The van der Waals surface area contributed by atoms with Crippen molar-refractivity contribution in [1.82, 2.24) is 15.6 Å². The molecule has 2 heterocycles. The molecule has 3 rings (SSSR count). The van der Waals surface area contributed by atoms with E-state index >= 15 is 0 Å². The zero-order chi connectivity index (χ0) is 15.9. The van der Waals surface area contributed by atoms with Crippen LogP contribution >= 0.6 is 11.8 Å². The second kappa shape index (κ2) is 8.43. The average molecular weight is 334 g/mol. The van der Waals surface area contributed by atoms with Crippen molar-refractivity contribution in [3.63, 3.8) is 0 Å². The minimum absolute atomic E-state index is 0.719. The first-order valence-corrected chi connectivity index (χ1v) is 9.52. The molecule has 5 nitrogen and oxygen atoms in total. The van der Waals surface area contributed by atoms with Crippen LogP contribution in [-0.4, -0.2) is 42.1 Å². The predicted molar refractivity (Wildman–Crippen MR) is 96.1 cm³/mol. The number of rotatable bonds is 7. The van der Waals surface area contributed by atoms with E-state index < -0.39 is 0 Å². The highest BCUT2D eigenvalue weighted by molar-refractivity contribution is 8.00. The van der Waals surface area contributed by atoms with Gasteiger partial charge in [-0.25, -0.2) is 4.98 Å². The highest BCUT2D eigenvalue weighted by atomic mass is 32.2. The van der Waals surface area contributed by atoms with Gasteiger partial charge in [0.2, 0.25) is 5.88 Å². The number of guanidine groups is 1. The van der Waals surface area contributed by atoms with E-state index in [0.29, 0.717) is 0 Å². The van der Waals surface area contributed by atoms with Crippen LogP contribution in [0.3, 0.4) is 0 Å². The van der Waals surface area contributed by atoms with Crippen LogP contribution in [0.1, 0.15) is 31.2 Å². The Morgan fingerprint density at radius 2 is 2.30 bits per heavy atom. The number of aromatic nitrogens is 1. The summed E-state index contributed by atoms with van der Waals surface area (Å²) in [4.78, 5) is 8.57. The van der Waals surface area contributed by atoms with Gasteiger partial charge in [-0.2, -0.15) is 11.8 Å². The molecule has 1 saturated heterocycles. The fourth-order valence-corrected chi connectivity index (χ4v) is 3.75. The summed E-state index contributed by atoms with van der Waals surface area (Å²) in [5.74, 6) is 3.62. The van der Waals surface area contributed by atoms with Gasteiger partial charge in [0.1, 0.15) is 0 Å². The molecule has 126 valence electrons. The number of thioether (sulfide) groups is 1. The van der Waals surface area contributed by atoms with Crippen LogP contribution < -0.4 is 15.4 Å². The molecule has 2 N–H and O–H groups in total. The van der Waals surface area contributed by atoms with Crippen LogP contribution in [-0.2, 0) is 6.54 Å². The van der Waals surface area contributed by atoms with E-state index in [-0.39, 0.29) is 0 Å². The van der Waals surface area contributed by atoms with Crippen molar-refractivity contribution in [2.45, 2.75) is 37.5 Å². The van der Waals surface area contributed by atoms with Gasteiger partial charge in [0.05, 0.1) is 6.61 Å². The van der Waals surface area contributed by atoms with E-state index in [9.17, 15) is 0 Å². The highest BCUT2D eigenvalue weighted by Crippen LogP contribution is 2.29. The highest BCUT2D eigenvalue weighted by Gasteiger charge is 2.22. The van der Waals surface area contributed by atoms with E-state index in [1.165, 1.54) is 31.4 Å². The zero-order valence-corrected chi connectivity index (χ0v) is 14.6. The number of pyridine rings is 1. The molecular formula is C17H26N4OS. The summed E-state index contributed by atoms with van der Waals surface area (Å²) < 4.78 is 5.73. The number of hydrogen-bond donors (Lipinski definition) is 2. The minimum atomic E-state index is 0.719. The molecule has 2 fully saturated rings. The van der Waals surface area contributed by atoms with Crippen molar-refractivity contribution >= 4 is 17.7 Å². The summed E-state index contributed by atoms with van der Waals surface area (Å²) >= 11 is 2.05. The van der Waals surface area contributed by atoms with E-state index in [1.807, 2.05) is 25.4 Å². The standard InChI is InChI=1S/C17H26N4OS/c1-18-17(21-11-15-3-2-8-23-15)20-10-14-6-7-19-16(9-14)22-12-13-4-5-13/h6-7,9,13,15H,2-5,8,10-12H2,1H3,(H2,18,20,21). The van der Waals surface area contributed by atoms with Gasteiger partial charge < -0.3 is 15.4 Å². The molecule has 0 bridgehead atoms. The third kappa shape index (κ3) is 5.61. The number of nitrogens with one attached hydrogen (secondary N) is 2. The maximum Gasteiger partial charge on any atom is 0.213 e. The van der Waals surface area contributed by atoms with Crippen LogP contribution in [0.5, 0.6) is 5.88 Å². The fraction of sp³-hybridized carbons (Fsp3) is 0.647. The smallest absolute Gasteiger partial charge is 0.213 e. The second-order valence-corrected chi connectivity index (χ2v) is 7.61. The molecule has 1 aliphatic carbocycles. The second-order valence-electron chi connectivity index (χ2n) is 6.20. The average Bonchev–Trinajstić information content (AvgIpc) is 3.27. The Morgan fingerprint density at radius 3 is 3.04 bits per heavy atom. The SMILES string of the molecule is CN=C(NCc1ccnc(OCC2CC2)c1)NCC1CCCS1. The Bertz CT molecular complexity index is 527. The van der Waals surface area contributed by atoms with Gasteiger partial charge in [-0.05, 0) is 49.0 Å². The number of ether oxygens (including phenoxy) is 1. The first kappa shape index (κ1) is 16.4. The van der Waals surface area contributed by atoms with Crippen LogP contribution in [0.2, 0.25) is 0 Å². The third-order valence-electron chi connectivity index (χ3n) is 4.17. The molecule has 1 aromatic heterocycles. The van der Waals surface area contributed by atoms with Crippen molar-refractivity contribution in [3.05, 3.63) is 23.9 Å². The number of hydrogen-bond acceptors (Lipinski definition) is 4. The quantitative estimate of drug-likeness (QED) is 0.592. The molecule has 0 amide bonds. The van der Waals surface area contributed by atoms with Crippen LogP contribution in [0.15, 0.2) is 23.3 Å². The Labute approximate surface area is 142 Å². The number of nitrogens with zero attached hydrogens (tertiary/aromatic N) is 2. The van der Waals surface area contributed by atoms with Gasteiger partial charge in [0.15, 0.2) is 5.96 Å². The Kier molecular flexibility index (Phi) is 6.02. The summed E-state index contributed by atoms with van der Waals surface area (Å²) in [6.07, 6.45) is 7.04. The molecule has 6 heteroatoms. The predicted octanol–water partition coefficient (Wildman–Crippen LogP) is 2.43. The van der Waals surface area contributed by atoms with Crippen LogP contribution in [0.4, 0.5) is 0 Å². The summed E-state index contributed by atoms with van der Waals surface area (Å²) in [6.45, 7) is 2.50. The Morgan fingerprint density at radius 1 is 1.39 bits per heavy atom. The molecule has 1 aromatic rings. The molecule has 0 spiro atoms. The fourth-order valence-electron chi connectivity index (χ4n) is 2.55. The maximum absolute atomic E-state index is 5.73. The minimum Gasteiger partial charge on any atom is -0.477 e. The lowest BCUT2D eigenvalue weighted by molar-refractivity contribution is 0.288. The first-order chi connectivity index (χ1) is 11.3. The van der Waals surface area contributed by atoms with E-state index in [4.69, 9.17) is 4.74 Å². The van der Waals surface area contributed by atoms with Crippen molar-refractivity contribution in [2.75, 3.05) is 26.0 Å². The van der Waals surface area contributed by atoms with Crippen molar-refractivity contribution in [3.8, 4) is 5.88 Å². The summed E-state index contributed by atoms with van der Waals surface area (Å²) in [5.41, 5.74) is 1.16. The van der Waals surface area contributed by atoms with Gasteiger partial charge in [0, 0.05) is 37.7 Å². The molecule has 1 aliphatic heterocycles. The molecular weight excluding hydrogens is 308 g/mol. The maximum atomic E-state index is 5.73. The van der Waals surface area contributed by atoms with Crippen molar-refractivity contribution < 1.29 is 4.74 Å².